The molecule has 0 aliphatic carbocycles. The normalized spacial score (nSPS) is 17.5. The van der Waals surface area contributed by atoms with E-state index in [0.717, 1.165) is 22.3 Å². The molecule has 3 heteroatoms. The molecule has 0 radical (unpaired) electrons. The number of ether oxygens (including phenoxy) is 2. The third-order valence-corrected chi connectivity index (χ3v) is 4.75. The van der Waals surface area contributed by atoms with Crippen LogP contribution in [0.25, 0.3) is 0 Å². The fraction of sp³-hybridized carbons (Fsp3) is 0.174. The van der Waals surface area contributed by atoms with Gasteiger partial charge in [-0.15, -0.1) is 0 Å². The number of carbonyl (C=O) groups is 1. The highest BCUT2D eigenvalue weighted by Gasteiger charge is 2.64. The van der Waals surface area contributed by atoms with Crippen molar-refractivity contribution in [2.24, 2.45) is 0 Å². The molecule has 130 valence electrons. The van der Waals surface area contributed by atoms with E-state index in [9.17, 15) is 4.79 Å². The molecule has 0 spiro atoms. The summed E-state index contributed by atoms with van der Waals surface area (Å²) in [7, 11) is 0. The molecule has 1 heterocycles. The van der Waals surface area contributed by atoms with E-state index in [1.54, 1.807) is 12.1 Å². The van der Waals surface area contributed by atoms with Gasteiger partial charge in [0.1, 0.15) is 5.75 Å². The molecule has 1 unspecified atom stereocenters. The van der Waals surface area contributed by atoms with E-state index < -0.39 is 11.7 Å². The lowest BCUT2D eigenvalue weighted by Crippen LogP contribution is -2.24. The molecule has 4 rings (SSSR count). The van der Waals surface area contributed by atoms with E-state index in [0.29, 0.717) is 5.75 Å². The molecule has 1 atom stereocenters. The number of benzene rings is 3. The SMILES string of the molecule is Cc1ccc(C2(c3ccc(C)cc3)OC2C(=O)Oc2ccccc2)cc1. The number of epoxide rings is 1. The van der Waals surface area contributed by atoms with Gasteiger partial charge in [0.25, 0.3) is 0 Å². The maximum absolute atomic E-state index is 12.7. The summed E-state index contributed by atoms with van der Waals surface area (Å²) in [4.78, 5) is 12.7. The molecule has 3 nitrogen and oxygen atoms in total. The summed E-state index contributed by atoms with van der Waals surface area (Å²) >= 11 is 0. The Morgan fingerprint density at radius 3 is 1.81 bits per heavy atom. The van der Waals surface area contributed by atoms with Gasteiger partial charge in [-0.05, 0) is 37.1 Å². The highest BCUT2D eigenvalue weighted by Crippen LogP contribution is 2.52. The zero-order valence-corrected chi connectivity index (χ0v) is 14.8. The number of esters is 1. The van der Waals surface area contributed by atoms with Crippen LogP contribution in [-0.4, -0.2) is 12.1 Å². The smallest absolute Gasteiger partial charge is 0.344 e. The van der Waals surface area contributed by atoms with Crippen LogP contribution in [0.4, 0.5) is 0 Å². The van der Waals surface area contributed by atoms with Crippen LogP contribution in [0, 0.1) is 13.8 Å². The molecular formula is C23H20O3. The monoisotopic (exact) mass is 344 g/mol. The first-order valence-corrected chi connectivity index (χ1v) is 8.68. The highest BCUT2D eigenvalue weighted by atomic mass is 16.7. The van der Waals surface area contributed by atoms with Crippen molar-refractivity contribution in [2.75, 3.05) is 0 Å². The minimum atomic E-state index is -0.784. The first-order valence-electron chi connectivity index (χ1n) is 8.68. The van der Waals surface area contributed by atoms with Crippen molar-refractivity contribution in [3.63, 3.8) is 0 Å². The van der Waals surface area contributed by atoms with Crippen LogP contribution in [0.1, 0.15) is 22.3 Å². The summed E-state index contributed by atoms with van der Waals surface area (Å²) in [5, 5.41) is 0. The fourth-order valence-corrected chi connectivity index (χ4v) is 3.23. The molecule has 0 saturated carbocycles. The second-order valence-corrected chi connectivity index (χ2v) is 6.70. The molecule has 0 amide bonds. The van der Waals surface area contributed by atoms with Gasteiger partial charge in [-0.2, -0.15) is 0 Å². The van der Waals surface area contributed by atoms with Crippen LogP contribution in [0.5, 0.6) is 5.75 Å². The Morgan fingerprint density at radius 1 is 0.808 bits per heavy atom. The summed E-state index contributed by atoms with van der Waals surface area (Å²) < 4.78 is 11.5. The third-order valence-electron chi connectivity index (χ3n) is 4.75. The molecule has 3 aromatic rings. The third kappa shape index (κ3) is 2.91. The first-order chi connectivity index (χ1) is 12.6. The average molecular weight is 344 g/mol. The summed E-state index contributed by atoms with van der Waals surface area (Å²) in [5.74, 6) is 0.145. The summed E-state index contributed by atoms with van der Waals surface area (Å²) in [6.07, 6.45) is -0.659. The largest absolute Gasteiger partial charge is 0.425 e. The van der Waals surface area contributed by atoms with Gasteiger partial charge in [-0.25, -0.2) is 4.79 Å². The van der Waals surface area contributed by atoms with Crippen molar-refractivity contribution in [1.82, 2.24) is 0 Å². The lowest BCUT2D eigenvalue weighted by Gasteiger charge is -2.15. The summed E-state index contributed by atoms with van der Waals surface area (Å²) in [6.45, 7) is 4.08. The van der Waals surface area contributed by atoms with Crippen LogP contribution in [0.3, 0.4) is 0 Å². The Balaban J connectivity index is 1.68. The molecule has 0 aromatic heterocycles. The molecule has 1 saturated heterocycles. The van der Waals surface area contributed by atoms with Crippen molar-refractivity contribution >= 4 is 5.97 Å². The standard InChI is InChI=1S/C23H20O3/c1-16-8-12-18(13-9-16)23(19-14-10-17(2)11-15-19)21(26-23)22(24)25-20-6-4-3-5-7-20/h3-15,21H,1-2H3. The van der Waals surface area contributed by atoms with E-state index >= 15 is 0 Å². The number of hydrogen-bond acceptors (Lipinski definition) is 3. The number of hydrogen-bond donors (Lipinski definition) is 0. The van der Waals surface area contributed by atoms with Gasteiger partial charge in [0.2, 0.25) is 0 Å². The average Bonchev–Trinajstić information content (AvgIpc) is 3.41. The van der Waals surface area contributed by atoms with Gasteiger partial charge < -0.3 is 9.47 Å². The second kappa shape index (κ2) is 6.43. The van der Waals surface area contributed by atoms with Gasteiger partial charge in [0.15, 0.2) is 11.7 Å². The minimum absolute atomic E-state index is 0.377. The van der Waals surface area contributed by atoms with E-state index in [1.165, 1.54) is 0 Å². The predicted molar refractivity (Wildman–Crippen MR) is 100 cm³/mol. The number of rotatable bonds is 4. The number of para-hydroxylation sites is 1. The molecule has 1 fully saturated rings. The Kier molecular flexibility index (Phi) is 4.09. The van der Waals surface area contributed by atoms with E-state index in [1.807, 2.05) is 80.6 Å². The first kappa shape index (κ1) is 16.6. The zero-order valence-electron chi connectivity index (χ0n) is 14.8. The number of carbonyl (C=O) groups excluding carboxylic acids is 1. The Morgan fingerprint density at radius 2 is 1.31 bits per heavy atom. The van der Waals surface area contributed by atoms with Crippen LogP contribution in [0.2, 0.25) is 0 Å². The van der Waals surface area contributed by atoms with Crippen LogP contribution < -0.4 is 4.74 Å². The van der Waals surface area contributed by atoms with Crippen LogP contribution >= 0.6 is 0 Å². The molecule has 1 aliphatic rings. The van der Waals surface area contributed by atoms with Crippen LogP contribution in [-0.2, 0) is 15.1 Å². The topological polar surface area (TPSA) is 38.8 Å². The fourth-order valence-electron chi connectivity index (χ4n) is 3.23. The van der Waals surface area contributed by atoms with E-state index in [-0.39, 0.29) is 5.97 Å². The lowest BCUT2D eigenvalue weighted by atomic mass is 9.87. The Bertz CT molecular complexity index is 866. The van der Waals surface area contributed by atoms with E-state index in [2.05, 4.69) is 0 Å². The maximum atomic E-state index is 12.7. The molecule has 26 heavy (non-hydrogen) atoms. The molecular weight excluding hydrogens is 324 g/mol. The zero-order chi connectivity index (χ0) is 18.1. The van der Waals surface area contributed by atoms with Gasteiger partial charge >= 0.3 is 5.97 Å². The molecule has 3 aromatic carbocycles. The van der Waals surface area contributed by atoms with Gasteiger partial charge in [-0.1, -0.05) is 77.9 Å². The Hall–Kier alpha value is -2.91. The van der Waals surface area contributed by atoms with Crippen molar-refractivity contribution in [3.8, 4) is 5.75 Å². The van der Waals surface area contributed by atoms with E-state index in [4.69, 9.17) is 9.47 Å². The van der Waals surface area contributed by atoms with Gasteiger partial charge in [0, 0.05) is 0 Å². The summed E-state index contributed by atoms with van der Waals surface area (Å²) in [6, 6.07) is 25.3. The van der Waals surface area contributed by atoms with Crippen molar-refractivity contribution in [2.45, 2.75) is 25.6 Å². The number of aryl methyl sites for hydroxylation is 2. The molecule has 0 N–H and O–H groups in total. The molecule has 1 aliphatic heterocycles. The van der Waals surface area contributed by atoms with Gasteiger partial charge in [-0.3, -0.25) is 0 Å². The van der Waals surface area contributed by atoms with Crippen molar-refractivity contribution in [1.29, 1.82) is 0 Å². The summed E-state index contributed by atoms with van der Waals surface area (Å²) in [5.41, 5.74) is 3.46. The quantitative estimate of drug-likeness (QED) is 0.396. The Labute approximate surface area is 153 Å². The second-order valence-electron chi connectivity index (χ2n) is 6.70. The van der Waals surface area contributed by atoms with Crippen molar-refractivity contribution in [3.05, 3.63) is 101 Å². The van der Waals surface area contributed by atoms with Gasteiger partial charge in [0.05, 0.1) is 0 Å². The predicted octanol–water partition coefficient (Wildman–Crippen LogP) is 4.55. The minimum Gasteiger partial charge on any atom is -0.425 e. The lowest BCUT2D eigenvalue weighted by molar-refractivity contribution is -0.135. The molecule has 0 bridgehead atoms. The van der Waals surface area contributed by atoms with Crippen LogP contribution in [0.15, 0.2) is 78.9 Å². The highest BCUT2D eigenvalue weighted by molar-refractivity contribution is 5.83. The maximum Gasteiger partial charge on any atom is 0.344 e. The van der Waals surface area contributed by atoms with Crippen molar-refractivity contribution < 1.29 is 14.3 Å².